The van der Waals surface area contributed by atoms with Crippen LogP contribution in [0.5, 0.6) is 0 Å². The van der Waals surface area contributed by atoms with E-state index in [2.05, 4.69) is 102 Å². The predicted molar refractivity (Wildman–Crippen MR) is 480 cm³/mol. The van der Waals surface area contributed by atoms with Gasteiger partial charge in [0.1, 0.15) is 70.6 Å². The summed E-state index contributed by atoms with van der Waals surface area (Å²) in [5.74, 6) is -1.62. The molecule has 6 fully saturated rings. The first kappa shape index (κ1) is 84.2. The number of carbonyl (C=O) groups is 10. The highest BCUT2D eigenvalue weighted by Gasteiger charge is 2.63. The van der Waals surface area contributed by atoms with E-state index < -0.39 is 29.2 Å². The molecule has 4 aromatic carbocycles. The molecule has 8 heterocycles. The average Bonchev–Trinajstić information content (AvgIpc) is 1.56. The van der Waals surface area contributed by atoms with E-state index in [1.165, 1.54) is 0 Å². The molecule has 4 N–H and O–H groups in total. The number of carboxylic acids is 2. The molecule has 0 bridgehead atoms. The van der Waals surface area contributed by atoms with Crippen molar-refractivity contribution >= 4 is 101 Å². The van der Waals surface area contributed by atoms with Crippen LogP contribution in [0.25, 0.3) is 43.1 Å². The molecule has 4 unspecified atom stereocenters. The van der Waals surface area contributed by atoms with Crippen molar-refractivity contribution in [1.29, 1.82) is 0 Å². The molecular formula is C108H100N4O18. The molecule has 4 aromatic heterocycles. The lowest BCUT2D eigenvalue weighted by atomic mass is 9.60. The number of ketones is 8. The smallest absolute Gasteiger partial charge is 0.307 e. The maximum Gasteiger partial charge on any atom is 0.307 e. The van der Waals surface area contributed by atoms with E-state index in [9.17, 15) is 68.4 Å². The molecule has 6 saturated carbocycles. The fourth-order valence-electron chi connectivity index (χ4n) is 25.7. The van der Waals surface area contributed by atoms with Gasteiger partial charge in [0.25, 0.3) is 0 Å². The summed E-state index contributed by atoms with van der Waals surface area (Å²) in [6, 6.07) is 32.5. The van der Waals surface area contributed by atoms with Gasteiger partial charge in [-0.15, -0.1) is 0 Å². The summed E-state index contributed by atoms with van der Waals surface area (Å²) in [5.41, 5.74) is 9.23. The first-order valence-electron chi connectivity index (χ1n) is 45.7. The van der Waals surface area contributed by atoms with E-state index in [4.69, 9.17) is 18.9 Å². The molecule has 24 rings (SSSR count). The molecule has 22 heteroatoms. The summed E-state index contributed by atoms with van der Waals surface area (Å²) >= 11 is 0. The zero-order valence-corrected chi connectivity index (χ0v) is 72.7. The molecule has 8 aromatic rings. The minimum absolute atomic E-state index is 0.00560. The number of carbonyl (C=O) groups excluding carboxylic acids is 8. The Balaban J connectivity index is 0.000000105. The third-order valence-corrected chi connectivity index (χ3v) is 32.5. The number of benzene rings is 4. The number of nitrogens with zero attached hydrogens (tertiary/aromatic N) is 4. The number of fused-ring (bicyclic) bond motifs is 16. The van der Waals surface area contributed by atoms with Crippen LogP contribution in [0.4, 0.5) is 0 Å². The van der Waals surface area contributed by atoms with Crippen LogP contribution in [-0.4, -0.2) is 136 Å². The monoisotopic (exact) mass is 1740 g/mol. The normalized spacial score (nSPS) is 33.3. The molecule has 20 atom stereocenters. The SMILES string of the molecule is C[C@]12C=CC3=CC4=C(CC(C(=O)O)CC4=O)O[C@H]3[C@@H]1CC(=O)[C@@H]2c1ccc2ccncc2c1.C[C@]12C=CC3=CC4=C(CC(CO)CC4=O)O[C@H]3[C@@H]1CC(=O)[C@@H]2c1cccc2cnccc12.C[C@]12CCC3=CC4=C(CC(C(=O)O)CC4=O)O[C@H]3[C@@H]1CC(=O)[C@@H]2c1ccc2ccncc2c1.C[C@]12CCC3=CC4=C(CC(CO)CC4=O)O[C@H]3[C@@H]1CC(=O)[C@@H]2c1cccc2cnccc12. The summed E-state index contributed by atoms with van der Waals surface area (Å²) < 4.78 is 25.7. The van der Waals surface area contributed by atoms with E-state index in [0.29, 0.717) is 96.7 Å². The van der Waals surface area contributed by atoms with Gasteiger partial charge in [-0.25, -0.2) is 0 Å². The minimum Gasteiger partial charge on any atom is -0.489 e. The second-order valence-electron chi connectivity index (χ2n) is 39.8. The first-order chi connectivity index (χ1) is 62.7. The van der Waals surface area contributed by atoms with Gasteiger partial charge in [0, 0.05) is 208 Å². The molecule has 4 aliphatic heterocycles. The molecule has 0 amide bonds. The second-order valence-corrected chi connectivity index (χ2v) is 39.8. The highest BCUT2D eigenvalue weighted by Crippen LogP contribution is 2.65. The van der Waals surface area contributed by atoms with Gasteiger partial charge in [-0.1, -0.05) is 113 Å². The molecule has 0 saturated heterocycles. The number of hydrogen-bond acceptors (Lipinski definition) is 20. The van der Waals surface area contributed by atoms with E-state index in [-0.39, 0.29) is 185 Å². The Morgan fingerprint density at radius 3 is 1.22 bits per heavy atom. The Hall–Kier alpha value is -12.7. The van der Waals surface area contributed by atoms with Crippen molar-refractivity contribution in [1.82, 2.24) is 19.9 Å². The lowest BCUT2D eigenvalue weighted by Crippen LogP contribution is -2.44. The lowest BCUT2D eigenvalue weighted by molar-refractivity contribution is -0.145. The maximum absolute atomic E-state index is 13.5. The van der Waals surface area contributed by atoms with Gasteiger partial charge < -0.3 is 39.4 Å². The maximum atomic E-state index is 13.5. The zero-order valence-electron chi connectivity index (χ0n) is 72.7. The topological polar surface area (TPSA) is 340 Å². The van der Waals surface area contributed by atoms with Crippen molar-refractivity contribution in [2.75, 3.05) is 13.2 Å². The van der Waals surface area contributed by atoms with E-state index in [0.717, 1.165) is 113 Å². The van der Waals surface area contributed by atoms with Crippen molar-refractivity contribution in [2.45, 2.75) is 179 Å². The number of pyridine rings is 4. The van der Waals surface area contributed by atoms with Crippen molar-refractivity contribution in [2.24, 2.45) is 69.0 Å². The lowest BCUT2D eigenvalue weighted by Gasteiger charge is -2.47. The van der Waals surface area contributed by atoms with Gasteiger partial charge in [-0.3, -0.25) is 67.9 Å². The van der Waals surface area contributed by atoms with Crippen molar-refractivity contribution in [3.8, 4) is 0 Å². The van der Waals surface area contributed by atoms with Crippen LogP contribution in [0.3, 0.4) is 0 Å². The van der Waals surface area contributed by atoms with Crippen LogP contribution in [0, 0.1) is 69.0 Å². The molecule has 16 aliphatic rings. The predicted octanol–water partition coefficient (Wildman–Crippen LogP) is 16.8. The summed E-state index contributed by atoms with van der Waals surface area (Å²) in [6.07, 6.45) is 36.9. The Bertz CT molecular complexity index is 6660. The third kappa shape index (κ3) is 13.9. The number of aliphatic hydroxyl groups is 2. The van der Waals surface area contributed by atoms with Crippen LogP contribution in [-0.2, 0) is 66.9 Å². The van der Waals surface area contributed by atoms with Crippen LogP contribution in [0.15, 0.2) is 263 Å². The third-order valence-electron chi connectivity index (χ3n) is 32.5. The highest BCUT2D eigenvalue weighted by atomic mass is 16.5. The summed E-state index contributed by atoms with van der Waals surface area (Å²) in [4.78, 5) is 144. The summed E-state index contributed by atoms with van der Waals surface area (Å²) in [6.45, 7) is 8.68. The van der Waals surface area contributed by atoms with E-state index in [1.54, 1.807) is 24.8 Å². The van der Waals surface area contributed by atoms with Crippen LogP contribution in [0.2, 0.25) is 0 Å². The number of aromatic nitrogens is 4. The zero-order chi connectivity index (χ0) is 89.9. The number of ether oxygens (including phenoxy) is 4. The summed E-state index contributed by atoms with van der Waals surface area (Å²) in [5, 5.41) is 46.5. The molecule has 0 spiro atoms. The Morgan fingerprint density at radius 2 is 0.754 bits per heavy atom. The molecular weight excluding hydrogens is 1640 g/mol. The quantitative estimate of drug-likeness (QED) is 0.110. The highest BCUT2D eigenvalue weighted by molar-refractivity contribution is 6.05. The summed E-state index contributed by atoms with van der Waals surface area (Å²) in [7, 11) is 0. The van der Waals surface area contributed by atoms with Crippen LogP contribution in [0.1, 0.15) is 176 Å². The standard InChI is InChI=1S/C27H25NO5.C27H23NO5.C27H27NO4.C27H25NO4/c2*1-27-6-4-16-9-19-21(29)10-17(26(31)32)11-23(19)33-25(16)20(27)12-22(30)24(27)15-3-2-14-5-7-28-13-18(14)8-15;2*1-27-7-5-16-11-20-22(30)9-15(14-29)10-24(20)32-26(16)21(27)12-23(31)25(27)19-4-2-3-17-13-28-8-6-18(17)19/h2-3,5,7-9,13,17,20,24-25H,4,6,10-12H2,1H3,(H,31,32);2-9,13,17,20,24-25H,10-12H2,1H3,(H,31,32);2-4,6,8,11,13,15,21,25-26,29H,5,7,9-10,12,14H2,1H3;2-8,11,13,15,21,25-26,29H,9-10,12,14H2,1H3/t2*17?,20-,24-,25+,27-;2*15?,21-,25-,26+,27-/m0000/s1. The number of carboxylic acid groups (broad SMARTS) is 2. The van der Waals surface area contributed by atoms with Gasteiger partial charge in [-0.05, 0) is 175 Å². The van der Waals surface area contributed by atoms with Gasteiger partial charge >= 0.3 is 11.9 Å². The fraction of sp³-hybridized carbons (Fsp3) is 0.389. The first-order valence-corrected chi connectivity index (χ1v) is 45.7. The number of allylic oxidation sites excluding steroid dienone is 14. The number of Topliss-reactive ketones (excluding diaryl/α,β-unsaturated/α-hetero) is 8. The van der Waals surface area contributed by atoms with Gasteiger partial charge in [0.2, 0.25) is 0 Å². The minimum atomic E-state index is -0.983. The van der Waals surface area contributed by atoms with Gasteiger partial charge in [0.05, 0.1) is 46.0 Å². The van der Waals surface area contributed by atoms with Crippen LogP contribution < -0.4 is 0 Å². The van der Waals surface area contributed by atoms with E-state index >= 15 is 0 Å². The number of aliphatic carboxylic acids is 2. The molecule has 12 aliphatic carbocycles. The Labute approximate surface area is 750 Å². The number of hydrogen-bond donors (Lipinski definition) is 4. The van der Waals surface area contributed by atoms with E-state index in [1.807, 2.05) is 116 Å². The number of rotatable bonds is 8. The average molecular weight is 1740 g/mol. The number of aliphatic hydroxyl groups excluding tert-OH is 2. The molecule has 0 radical (unpaired) electrons. The second kappa shape index (κ2) is 32.2. The fourth-order valence-corrected chi connectivity index (χ4v) is 25.7. The van der Waals surface area contributed by atoms with Crippen molar-refractivity contribution < 1.29 is 87.3 Å². The largest absolute Gasteiger partial charge is 0.489 e. The molecule has 660 valence electrons. The van der Waals surface area contributed by atoms with Crippen molar-refractivity contribution in [3.63, 3.8) is 0 Å². The Morgan fingerprint density at radius 1 is 0.377 bits per heavy atom. The molecule has 22 nitrogen and oxygen atoms in total. The van der Waals surface area contributed by atoms with Gasteiger partial charge in [0.15, 0.2) is 23.1 Å². The molecule has 130 heavy (non-hydrogen) atoms. The van der Waals surface area contributed by atoms with Crippen LogP contribution >= 0.6 is 0 Å². The van der Waals surface area contributed by atoms with Crippen molar-refractivity contribution in [3.05, 3.63) is 285 Å². The Kier molecular flexibility index (Phi) is 20.8. The van der Waals surface area contributed by atoms with Gasteiger partial charge in [-0.2, -0.15) is 0 Å².